The van der Waals surface area contributed by atoms with Crippen LogP contribution in [0.5, 0.6) is 0 Å². The van der Waals surface area contributed by atoms with Crippen molar-refractivity contribution in [3.63, 3.8) is 0 Å². The van der Waals surface area contributed by atoms with E-state index in [-0.39, 0.29) is 5.91 Å². The quantitative estimate of drug-likeness (QED) is 0.868. The molecule has 20 heavy (non-hydrogen) atoms. The predicted octanol–water partition coefficient (Wildman–Crippen LogP) is 1.86. The zero-order valence-corrected chi connectivity index (χ0v) is 12.9. The van der Waals surface area contributed by atoms with Gasteiger partial charge in [0.2, 0.25) is 10.1 Å². The van der Waals surface area contributed by atoms with Gasteiger partial charge in [0.15, 0.2) is 0 Å². The highest BCUT2D eigenvalue weighted by atomic mass is 32.1. The Morgan fingerprint density at radius 3 is 3.10 bits per heavy atom. The number of carbonyl (C=O) groups excluding carboxylic acids is 1. The standard InChI is InChI=1S/C13H22N4O2S/c1-3-6-14-13-16-15-11(20-13)12(18)17(2)8-10-5-4-7-19-9-10/h10H,3-9H2,1-2H3,(H,14,16). The molecule has 6 nitrogen and oxygen atoms in total. The fourth-order valence-electron chi connectivity index (χ4n) is 2.20. The highest BCUT2D eigenvalue weighted by Crippen LogP contribution is 2.19. The van der Waals surface area contributed by atoms with Crippen LogP contribution in [0.15, 0.2) is 0 Å². The first-order valence-electron chi connectivity index (χ1n) is 7.11. The molecule has 0 radical (unpaired) electrons. The van der Waals surface area contributed by atoms with E-state index in [1.807, 2.05) is 7.05 Å². The van der Waals surface area contributed by atoms with Gasteiger partial charge in [0.05, 0.1) is 6.61 Å². The lowest BCUT2D eigenvalue weighted by Crippen LogP contribution is -2.35. The molecule has 0 aliphatic carbocycles. The van der Waals surface area contributed by atoms with E-state index in [0.717, 1.165) is 45.6 Å². The van der Waals surface area contributed by atoms with Gasteiger partial charge in [-0.25, -0.2) is 0 Å². The highest BCUT2D eigenvalue weighted by Gasteiger charge is 2.22. The lowest BCUT2D eigenvalue weighted by Gasteiger charge is -2.26. The Balaban J connectivity index is 1.87. The topological polar surface area (TPSA) is 67.4 Å². The molecule has 0 spiro atoms. The minimum Gasteiger partial charge on any atom is -0.381 e. The Morgan fingerprint density at radius 2 is 2.40 bits per heavy atom. The van der Waals surface area contributed by atoms with Crippen LogP contribution in [0.3, 0.4) is 0 Å². The van der Waals surface area contributed by atoms with Crippen LogP contribution in [-0.4, -0.2) is 54.4 Å². The van der Waals surface area contributed by atoms with Gasteiger partial charge in [0, 0.05) is 26.7 Å². The number of aromatic nitrogens is 2. The maximum atomic E-state index is 12.3. The summed E-state index contributed by atoms with van der Waals surface area (Å²) in [4.78, 5) is 14.0. The average molecular weight is 298 g/mol. The summed E-state index contributed by atoms with van der Waals surface area (Å²) in [7, 11) is 1.82. The van der Waals surface area contributed by atoms with Gasteiger partial charge in [-0.05, 0) is 25.2 Å². The Hall–Kier alpha value is -1.21. The number of carbonyl (C=O) groups is 1. The molecule has 0 saturated carbocycles. The summed E-state index contributed by atoms with van der Waals surface area (Å²) in [6.45, 7) is 5.24. The third-order valence-corrected chi connectivity index (χ3v) is 4.14. The Morgan fingerprint density at radius 1 is 1.55 bits per heavy atom. The molecule has 1 N–H and O–H groups in total. The third kappa shape index (κ3) is 4.14. The number of hydrogen-bond donors (Lipinski definition) is 1. The molecule has 1 atom stereocenters. The van der Waals surface area contributed by atoms with Gasteiger partial charge < -0.3 is 15.0 Å². The van der Waals surface area contributed by atoms with E-state index >= 15 is 0 Å². The molecule has 1 aliphatic heterocycles. The maximum Gasteiger partial charge on any atom is 0.284 e. The minimum absolute atomic E-state index is 0.0578. The number of anilines is 1. The van der Waals surface area contributed by atoms with Crippen molar-refractivity contribution < 1.29 is 9.53 Å². The van der Waals surface area contributed by atoms with Crippen molar-refractivity contribution in [2.24, 2.45) is 5.92 Å². The van der Waals surface area contributed by atoms with Crippen molar-refractivity contribution in [2.75, 3.05) is 38.7 Å². The van der Waals surface area contributed by atoms with Gasteiger partial charge in [0.25, 0.3) is 5.91 Å². The largest absolute Gasteiger partial charge is 0.381 e. The number of nitrogens with one attached hydrogen (secondary N) is 1. The Labute approximate surface area is 123 Å². The second-order valence-corrected chi connectivity index (χ2v) is 6.09. The zero-order chi connectivity index (χ0) is 14.4. The van der Waals surface area contributed by atoms with Gasteiger partial charge >= 0.3 is 0 Å². The first-order valence-corrected chi connectivity index (χ1v) is 7.93. The van der Waals surface area contributed by atoms with E-state index in [9.17, 15) is 4.79 Å². The molecular formula is C13H22N4O2S. The van der Waals surface area contributed by atoms with Gasteiger partial charge in [-0.3, -0.25) is 4.79 Å². The Bertz CT molecular complexity index is 432. The normalized spacial score (nSPS) is 18.8. The molecule has 1 unspecified atom stereocenters. The maximum absolute atomic E-state index is 12.3. The van der Waals surface area contributed by atoms with Gasteiger partial charge in [0.1, 0.15) is 0 Å². The van der Waals surface area contributed by atoms with E-state index in [0.29, 0.717) is 16.1 Å². The minimum atomic E-state index is -0.0578. The van der Waals surface area contributed by atoms with E-state index in [2.05, 4.69) is 22.4 Å². The van der Waals surface area contributed by atoms with Crippen LogP contribution >= 0.6 is 11.3 Å². The zero-order valence-electron chi connectivity index (χ0n) is 12.1. The molecule has 1 amide bonds. The summed E-state index contributed by atoms with van der Waals surface area (Å²) in [5.74, 6) is 0.376. The van der Waals surface area contributed by atoms with Gasteiger partial charge in [-0.15, -0.1) is 10.2 Å². The van der Waals surface area contributed by atoms with Crippen molar-refractivity contribution in [2.45, 2.75) is 26.2 Å². The van der Waals surface area contributed by atoms with E-state index in [4.69, 9.17) is 4.74 Å². The number of nitrogens with zero attached hydrogens (tertiary/aromatic N) is 3. The smallest absolute Gasteiger partial charge is 0.284 e. The van der Waals surface area contributed by atoms with Crippen LogP contribution in [0.2, 0.25) is 0 Å². The number of ether oxygens (including phenoxy) is 1. The van der Waals surface area contributed by atoms with Crippen molar-refractivity contribution in [1.82, 2.24) is 15.1 Å². The average Bonchev–Trinajstić information content (AvgIpc) is 2.94. The summed E-state index contributed by atoms with van der Waals surface area (Å²) < 4.78 is 5.44. The molecule has 2 heterocycles. The summed E-state index contributed by atoms with van der Waals surface area (Å²) in [5.41, 5.74) is 0. The molecule has 1 fully saturated rings. The van der Waals surface area contributed by atoms with Gasteiger partial charge in [-0.1, -0.05) is 18.3 Å². The third-order valence-electron chi connectivity index (χ3n) is 3.27. The summed E-state index contributed by atoms with van der Waals surface area (Å²) in [6, 6.07) is 0. The predicted molar refractivity (Wildman–Crippen MR) is 79.2 cm³/mol. The highest BCUT2D eigenvalue weighted by molar-refractivity contribution is 7.17. The van der Waals surface area contributed by atoms with E-state index < -0.39 is 0 Å². The molecule has 1 aliphatic rings. The number of hydrogen-bond acceptors (Lipinski definition) is 6. The molecule has 1 aromatic rings. The summed E-state index contributed by atoms with van der Waals surface area (Å²) in [6.07, 6.45) is 3.22. The molecular weight excluding hydrogens is 276 g/mol. The van der Waals surface area contributed by atoms with Crippen LogP contribution < -0.4 is 5.32 Å². The van der Waals surface area contributed by atoms with Gasteiger partial charge in [-0.2, -0.15) is 0 Å². The lowest BCUT2D eigenvalue weighted by molar-refractivity contribution is 0.0388. The fraction of sp³-hybridized carbons (Fsp3) is 0.769. The van der Waals surface area contributed by atoms with Crippen LogP contribution in [0.1, 0.15) is 36.0 Å². The molecule has 1 aromatic heterocycles. The molecule has 112 valence electrons. The summed E-state index contributed by atoms with van der Waals surface area (Å²) >= 11 is 1.32. The molecule has 7 heteroatoms. The van der Waals surface area contributed by atoms with E-state index in [1.165, 1.54) is 11.3 Å². The monoisotopic (exact) mass is 298 g/mol. The van der Waals surface area contributed by atoms with Crippen LogP contribution in [0.25, 0.3) is 0 Å². The first-order chi connectivity index (χ1) is 9.70. The Kier molecular flexibility index (Phi) is 5.72. The van der Waals surface area contributed by atoms with Crippen molar-refractivity contribution in [3.8, 4) is 0 Å². The molecule has 0 bridgehead atoms. The second kappa shape index (κ2) is 7.54. The van der Waals surface area contributed by atoms with E-state index in [1.54, 1.807) is 4.90 Å². The molecule has 1 saturated heterocycles. The van der Waals surface area contributed by atoms with Crippen LogP contribution in [0.4, 0.5) is 5.13 Å². The summed E-state index contributed by atoms with van der Waals surface area (Å²) in [5, 5.41) is 12.3. The van der Waals surface area contributed by atoms with Crippen molar-refractivity contribution >= 4 is 22.4 Å². The SMILES string of the molecule is CCCNc1nnc(C(=O)N(C)CC2CCCOC2)s1. The molecule has 0 aromatic carbocycles. The molecule has 2 rings (SSSR count). The van der Waals surface area contributed by atoms with Crippen LogP contribution in [-0.2, 0) is 4.74 Å². The van der Waals surface area contributed by atoms with Crippen molar-refractivity contribution in [3.05, 3.63) is 5.01 Å². The van der Waals surface area contributed by atoms with Crippen molar-refractivity contribution in [1.29, 1.82) is 0 Å². The number of amides is 1. The van der Waals surface area contributed by atoms with Crippen LogP contribution in [0, 0.1) is 5.92 Å². The second-order valence-electron chi connectivity index (χ2n) is 5.11. The first kappa shape index (κ1) is 15.2. The lowest BCUT2D eigenvalue weighted by atomic mass is 10.0. The number of rotatable bonds is 6. The fourth-order valence-corrected chi connectivity index (χ4v) is 2.96.